The van der Waals surface area contributed by atoms with Crippen LogP contribution >= 0.6 is 0 Å². The zero-order valence-electron chi connectivity index (χ0n) is 17.7. The van der Waals surface area contributed by atoms with Gasteiger partial charge in [0.25, 0.3) is 5.69 Å². The monoisotopic (exact) mass is 429 g/mol. The normalized spacial score (nSPS) is 26.3. The molecule has 2 saturated heterocycles. The van der Waals surface area contributed by atoms with Crippen LogP contribution in [-0.2, 0) is 4.79 Å². The van der Waals surface area contributed by atoms with E-state index in [0.29, 0.717) is 0 Å². The second kappa shape index (κ2) is 9.64. The fourth-order valence-electron chi connectivity index (χ4n) is 5.40. The molecular formula is C22H31N5O4. The Morgan fingerprint density at radius 1 is 0.968 bits per heavy atom. The third kappa shape index (κ3) is 5.33. The fourth-order valence-corrected chi connectivity index (χ4v) is 5.40. The van der Waals surface area contributed by atoms with E-state index in [1.165, 1.54) is 25.3 Å². The minimum absolute atomic E-state index is 0.0705. The van der Waals surface area contributed by atoms with E-state index >= 15 is 0 Å². The number of hydrogen-bond acceptors (Lipinski definition) is 5. The van der Waals surface area contributed by atoms with Crippen molar-refractivity contribution in [1.29, 1.82) is 0 Å². The highest BCUT2D eigenvalue weighted by Crippen LogP contribution is 2.35. The average Bonchev–Trinajstić information content (AvgIpc) is 2.97. The van der Waals surface area contributed by atoms with Crippen LogP contribution in [0.4, 0.5) is 16.2 Å². The Morgan fingerprint density at radius 3 is 2.29 bits per heavy atom. The van der Waals surface area contributed by atoms with E-state index < -0.39 is 4.92 Å². The molecule has 3 amide bonds. The van der Waals surface area contributed by atoms with Crippen molar-refractivity contribution in [2.24, 2.45) is 0 Å². The number of hydrogen-bond donors (Lipinski definition) is 3. The lowest BCUT2D eigenvalue weighted by atomic mass is 9.95. The summed E-state index contributed by atoms with van der Waals surface area (Å²) in [6.45, 7) is 0.211. The van der Waals surface area contributed by atoms with Gasteiger partial charge in [-0.15, -0.1) is 0 Å². The summed E-state index contributed by atoms with van der Waals surface area (Å²) in [5, 5.41) is 20.1. The number of anilines is 1. The van der Waals surface area contributed by atoms with Gasteiger partial charge < -0.3 is 16.0 Å². The maximum atomic E-state index is 12.6. The molecule has 1 aromatic rings. The van der Waals surface area contributed by atoms with E-state index in [1.807, 2.05) is 0 Å². The van der Waals surface area contributed by atoms with Gasteiger partial charge in [-0.3, -0.25) is 19.8 Å². The molecule has 1 saturated carbocycles. The van der Waals surface area contributed by atoms with Crippen molar-refractivity contribution < 1.29 is 14.5 Å². The Kier molecular flexibility index (Phi) is 6.70. The maximum Gasteiger partial charge on any atom is 0.315 e. The van der Waals surface area contributed by atoms with Crippen molar-refractivity contribution in [2.75, 3.05) is 11.9 Å². The van der Waals surface area contributed by atoms with Crippen LogP contribution in [0.3, 0.4) is 0 Å². The minimum Gasteiger partial charge on any atom is -0.335 e. The van der Waals surface area contributed by atoms with Gasteiger partial charge in [-0.2, -0.15) is 0 Å². The zero-order chi connectivity index (χ0) is 21.8. The predicted octanol–water partition coefficient (Wildman–Crippen LogP) is 3.16. The number of nitro groups is 1. The van der Waals surface area contributed by atoms with Gasteiger partial charge in [-0.1, -0.05) is 31.4 Å². The molecule has 3 aliphatic rings. The predicted molar refractivity (Wildman–Crippen MR) is 117 cm³/mol. The lowest BCUT2D eigenvalue weighted by molar-refractivity contribution is -0.383. The Morgan fingerprint density at radius 2 is 1.61 bits per heavy atom. The third-order valence-electron chi connectivity index (χ3n) is 6.86. The highest BCUT2D eigenvalue weighted by Gasteiger charge is 2.42. The molecule has 1 unspecified atom stereocenters. The number of nitrogens with one attached hydrogen (secondary N) is 3. The minimum atomic E-state index is -0.491. The van der Waals surface area contributed by atoms with Gasteiger partial charge in [0.2, 0.25) is 5.91 Å². The summed E-state index contributed by atoms with van der Waals surface area (Å²) < 4.78 is 0. The first-order valence-electron chi connectivity index (χ1n) is 11.4. The molecule has 2 bridgehead atoms. The van der Waals surface area contributed by atoms with Crippen LogP contribution in [0.2, 0.25) is 0 Å². The second-order valence-corrected chi connectivity index (χ2v) is 9.00. The Hall–Kier alpha value is -2.68. The summed E-state index contributed by atoms with van der Waals surface area (Å²) in [5.74, 6) is -0.243. The van der Waals surface area contributed by atoms with Crippen LogP contribution in [0.25, 0.3) is 0 Å². The molecule has 3 atom stereocenters. The van der Waals surface area contributed by atoms with Crippen molar-refractivity contribution >= 4 is 23.3 Å². The molecule has 0 aromatic heterocycles. The molecule has 3 N–H and O–H groups in total. The van der Waals surface area contributed by atoms with E-state index in [9.17, 15) is 19.7 Å². The number of nitro benzene ring substituents is 1. The molecular weight excluding hydrogens is 398 g/mol. The van der Waals surface area contributed by atoms with Gasteiger partial charge in [-0.25, -0.2) is 4.79 Å². The molecule has 1 aromatic carbocycles. The number of amides is 3. The van der Waals surface area contributed by atoms with Crippen molar-refractivity contribution in [1.82, 2.24) is 15.5 Å². The molecule has 0 radical (unpaired) electrons. The summed E-state index contributed by atoms with van der Waals surface area (Å²) >= 11 is 0. The smallest absolute Gasteiger partial charge is 0.315 e. The fraction of sp³-hybridized carbons (Fsp3) is 0.636. The van der Waals surface area contributed by atoms with E-state index in [0.717, 1.165) is 38.5 Å². The number of piperidine rings is 1. The molecule has 4 rings (SSSR count). The van der Waals surface area contributed by atoms with E-state index in [1.54, 1.807) is 18.2 Å². The number of carbonyl (C=O) groups is 2. The van der Waals surface area contributed by atoms with Crippen LogP contribution < -0.4 is 16.0 Å². The molecule has 9 heteroatoms. The topological polar surface area (TPSA) is 117 Å². The van der Waals surface area contributed by atoms with E-state index in [-0.39, 0.29) is 54.0 Å². The number of carbonyl (C=O) groups excluding carboxylic acids is 2. The van der Waals surface area contributed by atoms with Crippen molar-refractivity contribution in [3.05, 3.63) is 34.4 Å². The standard InChI is InChI=1S/C22H31N5O4/c28-21(25-19-8-4-5-9-20(19)27(30)31)14-26-17-10-11-18(26)13-16(12-17)24-22(29)23-15-6-2-1-3-7-15/h4-5,8-9,15-18H,1-3,6-7,10-14H2,(H,25,28)(H2,23,24,29)/t16?,17-,18+. The zero-order valence-corrected chi connectivity index (χ0v) is 17.7. The van der Waals surface area contributed by atoms with Crippen molar-refractivity contribution in [2.45, 2.75) is 82.0 Å². The van der Waals surface area contributed by atoms with Crippen LogP contribution in [0, 0.1) is 10.1 Å². The molecule has 2 heterocycles. The van der Waals surface area contributed by atoms with Gasteiger partial charge in [0.05, 0.1) is 11.5 Å². The Bertz CT molecular complexity index is 812. The maximum absolute atomic E-state index is 12.6. The molecule has 2 aliphatic heterocycles. The van der Waals surface area contributed by atoms with E-state index in [4.69, 9.17) is 0 Å². The van der Waals surface area contributed by atoms with Gasteiger partial charge >= 0.3 is 6.03 Å². The summed E-state index contributed by atoms with van der Waals surface area (Å²) in [6.07, 6.45) is 9.41. The molecule has 9 nitrogen and oxygen atoms in total. The largest absolute Gasteiger partial charge is 0.335 e. The summed E-state index contributed by atoms with van der Waals surface area (Å²) in [5.41, 5.74) is 0.117. The highest BCUT2D eigenvalue weighted by atomic mass is 16.6. The highest BCUT2D eigenvalue weighted by molar-refractivity contribution is 5.94. The SMILES string of the molecule is O=C(CN1[C@@H]2CC[C@H]1CC(NC(=O)NC1CCCCC1)C2)Nc1ccccc1[N+](=O)[O-]. The molecule has 3 fully saturated rings. The van der Waals surface area contributed by atoms with Crippen molar-refractivity contribution in [3.8, 4) is 0 Å². The first kappa shape index (κ1) is 21.5. The number of fused-ring (bicyclic) bond motifs is 2. The van der Waals surface area contributed by atoms with Gasteiger partial charge in [0.1, 0.15) is 5.69 Å². The van der Waals surface area contributed by atoms with Crippen LogP contribution in [0.5, 0.6) is 0 Å². The van der Waals surface area contributed by atoms with Crippen molar-refractivity contribution in [3.63, 3.8) is 0 Å². The van der Waals surface area contributed by atoms with Gasteiger partial charge in [0.15, 0.2) is 0 Å². The molecule has 0 spiro atoms. The summed E-state index contributed by atoms with van der Waals surface area (Å²) in [4.78, 5) is 37.9. The number of nitrogens with zero attached hydrogens (tertiary/aromatic N) is 2. The third-order valence-corrected chi connectivity index (χ3v) is 6.86. The lowest BCUT2D eigenvalue weighted by Crippen LogP contribution is -2.54. The first-order valence-corrected chi connectivity index (χ1v) is 11.4. The molecule has 31 heavy (non-hydrogen) atoms. The van der Waals surface area contributed by atoms with Gasteiger partial charge in [-0.05, 0) is 44.6 Å². The van der Waals surface area contributed by atoms with Crippen LogP contribution in [-0.4, -0.2) is 52.5 Å². The summed E-state index contributed by atoms with van der Waals surface area (Å²) in [6, 6.07) is 7.01. The number of benzene rings is 1. The molecule has 1 aliphatic carbocycles. The quantitative estimate of drug-likeness (QED) is 0.474. The Labute approximate surface area is 182 Å². The van der Waals surface area contributed by atoms with Crippen LogP contribution in [0.15, 0.2) is 24.3 Å². The summed E-state index contributed by atoms with van der Waals surface area (Å²) in [7, 11) is 0. The second-order valence-electron chi connectivity index (χ2n) is 9.00. The van der Waals surface area contributed by atoms with Crippen LogP contribution in [0.1, 0.15) is 57.8 Å². The Balaban J connectivity index is 1.28. The van der Waals surface area contributed by atoms with Gasteiger partial charge in [0, 0.05) is 30.2 Å². The first-order chi connectivity index (χ1) is 15.0. The average molecular weight is 430 g/mol. The lowest BCUT2D eigenvalue weighted by Gasteiger charge is -2.39. The molecule has 168 valence electrons. The number of urea groups is 1. The number of rotatable bonds is 6. The number of para-hydroxylation sites is 2. The van der Waals surface area contributed by atoms with E-state index in [2.05, 4.69) is 20.9 Å².